The lowest BCUT2D eigenvalue weighted by molar-refractivity contribution is 0.0641. The summed E-state index contributed by atoms with van der Waals surface area (Å²) >= 11 is 0. The molecule has 0 aliphatic heterocycles. The van der Waals surface area contributed by atoms with Gasteiger partial charge in [0, 0.05) is 26.5 Å². The summed E-state index contributed by atoms with van der Waals surface area (Å²) in [5, 5.41) is 0.592. The monoisotopic (exact) mass is 811 g/mol. The van der Waals surface area contributed by atoms with E-state index in [-0.39, 0.29) is 74.3 Å². The van der Waals surface area contributed by atoms with Crippen molar-refractivity contribution in [3.63, 3.8) is 0 Å². The third-order valence-corrected chi connectivity index (χ3v) is 33.3. The molecule has 0 heterocycles. The van der Waals surface area contributed by atoms with Crippen molar-refractivity contribution >= 4 is 47.3 Å². The van der Waals surface area contributed by atoms with E-state index in [2.05, 4.69) is 26.9 Å². The molecule has 0 fully saturated rings. The lowest BCUT2D eigenvalue weighted by Crippen LogP contribution is -2.70. The van der Waals surface area contributed by atoms with Crippen LogP contribution in [0.3, 0.4) is 0 Å². The third kappa shape index (κ3) is 24.3. The van der Waals surface area contributed by atoms with Crippen molar-refractivity contribution in [2.75, 3.05) is 21.3 Å². The molecule has 1 aromatic carbocycles. The van der Waals surface area contributed by atoms with Crippen LogP contribution >= 0.6 is 0 Å². The van der Waals surface area contributed by atoms with Crippen LogP contribution < -0.4 is 5.19 Å². The van der Waals surface area contributed by atoms with Crippen molar-refractivity contribution in [3.05, 3.63) is 30.3 Å². The number of unbranched alkanes of at least 4 members (excludes halogenated alkanes) is 8. The minimum atomic E-state index is -3.76. The largest absolute Gasteiger partial charge is 0.659 e. The molecular weight excluding hydrogens is 713 g/mol. The first-order valence-electron chi connectivity index (χ1n) is 15.0. The second-order valence-corrected chi connectivity index (χ2v) is 33.2. The standard InChI is InChI=1S/C27H58O8Si5.10CH4/c1-10-12-14-16-17-22-26-38(9,37(8,28)25-21-15-13-11-2)35-40(31-4,32-5)34-36(6,7)33-39(29,30-3)27-23-19-18-20-24-27;;;;;;;;;;/h18-20,23-24,28-29H,10-17,21-22,25-26H2,1-9H3;10*1H4. The highest BCUT2D eigenvalue weighted by molar-refractivity contribution is 7.37. The molecule has 8 nitrogen and oxygen atoms in total. The maximum atomic E-state index is 12.1. The summed E-state index contributed by atoms with van der Waals surface area (Å²) in [7, 11) is -11.7. The summed E-state index contributed by atoms with van der Waals surface area (Å²) in [6, 6.07) is 10.8. The van der Waals surface area contributed by atoms with Gasteiger partial charge in [0.1, 0.15) is 0 Å². The summed E-state index contributed by atoms with van der Waals surface area (Å²) in [5.74, 6) is 0. The lowest BCUT2D eigenvalue weighted by atomic mass is 10.1. The van der Waals surface area contributed by atoms with Gasteiger partial charge in [0.25, 0.3) is 0 Å². The first kappa shape index (κ1) is 75.0. The molecule has 1 rings (SSSR count). The molecule has 0 aliphatic rings. The van der Waals surface area contributed by atoms with Gasteiger partial charge in [-0.25, -0.2) is 0 Å². The molecule has 0 saturated heterocycles. The zero-order chi connectivity index (χ0) is 30.3. The summed E-state index contributed by atoms with van der Waals surface area (Å²) in [6.45, 7) is 12.3. The molecule has 0 bridgehead atoms. The minimum Gasteiger partial charge on any atom is -0.432 e. The van der Waals surface area contributed by atoms with E-state index in [1.165, 1.54) is 53.4 Å². The Balaban J connectivity index is -0.000000200. The van der Waals surface area contributed by atoms with Gasteiger partial charge in [0.2, 0.25) is 15.7 Å². The van der Waals surface area contributed by atoms with Gasteiger partial charge in [0.15, 0.2) is 0 Å². The van der Waals surface area contributed by atoms with E-state index in [0.29, 0.717) is 5.19 Å². The fourth-order valence-corrected chi connectivity index (χ4v) is 28.0. The number of hydrogen-bond acceptors (Lipinski definition) is 8. The van der Waals surface area contributed by atoms with Crippen LogP contribution in [0.5, 0.6) is 0 Å². The zero-order valence-corrected chi connectivity index (χ0v) is 31.7. The topological polar surface area (TPSA) is 95.8 Å². The molecule has 0 amide bonds. The average molecular weight is 812 g/mol. The summed E-state index contributed by atoms with van der Waals surface area (Å²) in [6.07, 6.45) is 11.5. The van der Waals surface area contributed by atoms with Crippen molar-refractivity contribution in [3.8, 4) is 0 Å². The van der Waals surface area contributed by atoms with Gasteiger partial charge in [-0.1, -0.05) is 183 Å². The van der Waals surface area contributed by atoms with E-state index < -0.39 is 42.1 Å². The van der Waals surface area contributed by atoms with Gasteiger partial charge in [-0.2, -0.15) is 0 Å². The van der Waals surface area contributed by atoms with Crippen LogP contribution in [0.2, 0.25) is 38.3 Å². The van der Waals surface area contributed by atoms with E-state index in [4.69, 9.17) is 25.6 Å². The molecule has 0 saturated carbocycles. The van der Waals surface area contributed by atoms with E-state index >= 15 is 0 Å². The van der Waals surface area contributed by atoms with Crippen molar-refractivity contribution in [2.45, 2.75) is 191 Å². The summed E-state index contributed by atoms with van der Waals surface area (Å²) in [4.78, 5) is 23.5. The van der Waals surface area contributed by atoms with Crippen LogP contribution in [0.25, 0.3) is 0 Å². The molecule has 2 N–H and O–H groups in total. The van der Waals surface area contributed by atoms with Crippen molar-refractivity contribution in [1.82, 2.24) is 0 Å². The molecule has 314 valence electrons. The Morgan fingerprint density at radius 2 is 0.900 bits per heavy atom. The molecule has 13 heteroatoms. The number of rotatable bonds is 23. The van der Waals surface area contributed by atoms with Crippen LogP contribution in [0, 0.1) is 0 Å². The fraction of sp³-hybridized carbons (Fsp3) is 0.838. The zero-order valence-electron chi connectivity index (χ0n) is 26.7. The molecule has 3 atom stereocenters. The van der Waals surface area contributed by atoms with Crippen molar-refractivity contribution < 1.29 is 35.2 Å². The van der Waals surface area contributed by atoms with Crippen molar-refractivity contribution in [2.24, 2.45) is 0 Å². The predicted molar refractivity (Wildman–Crippen MR) is 241 cm³/mol. The van der Waals surface area contributed by atoms with E-state index in [0.717, 1.165) is 44.2 Å². The highest BCUT2D eigenvalue weighted by Gasteiger charge is 2.61. The average Bonchev–Trinajstić information content (AvgIpc) is 2.92. The molecule has 0 radical (unpaired) electrons. The number of benzene rings is 1. The molecule has 0 aliphatic carbocycles. The fourth-order valence-electron chi connectivity index (χ4n) is 4.90. The highest BCUT2D eigenvalue weighted by atomic mass is 29.3. The van der Waals surface area contributed by atoms with Gasteiger partial charge in [-0.3, -0.25) is 0 Å². The SMILES string of the molecule is C.C.C.C.C.C.C.C.C.C.CCCCCCCC[Si](C)(O[Si](OC)(OC)O[Si](C)(C)O[Si](O)(OC)c1ccccc1)[Si](C)(O)CCCCCC. The maximum Gasteiger partial charge on any atom is 0.659 e. The Hall–Kier alpha value is -0.0156. The molecule has 0 spiro atoms. The van der Waals surface area contributed by atoms with Crippen LogP contribution in [-0.4, -0.2) is 73.0 Å². The van der Waals surface area contributed by atoms with Crippen molar-refractivity contribution in [1.29, 1.82) is 0 Å². The van der Waals surface area contributed by atoms with Crippen LogP contribution in [0.1, 0.15) is 152 Å². The molecule has 50 heavy (non-hydrogen) atoms. The Morgan fingerprint density at radius 1 is 0.500 bits per heavy atom. The molecule has 0 aromatic heterocycles. The normalized spacial score (nSPS) is 13.8. The quantitative estimate of drug-likeness (QED) is 0.0833. The lowest BCUT2D eigenvalue weighted by Gasteiger charge is -2.45. The second-order valence-electron chi connectivity index (χ2n) is 11.6. The van der Waals surface area contributed by atoms with E-state index in [9.17, 15) is 9.59 Å². The maximum absolute atomic E-state index is 12.1. The van der Waals surface area contributed by atoms with Gasteiger partial charge in [-0.15, -0.1) is 0 Å². The number of hydrogen-bond donors (Lipinski definition) is 2. The van der Waals surface area contributed by atoms with Gasteiger partial charge in [0.05, 0.1) is 0 Å². The first-order valence-corrected chi connectivity index (χ1v) is 27.5. The minimum absolute atomic E-state index is 0. The Kier molecular flexibility index (Phi) is 54.0. The smallest absolute Gasteiger partial charge is 0.432 e. The molecule has 1 aromatic rings. The van der Waals surface area contributed by atoms with Crippen LogP contribution in [0.15, 0.2) is 30.3 Å². The van der Waals surface area contributed by atoms with E-state index in [1.54, 1.807) is 12.1 Å². The summed E-state index contributed by atoms with van der Waals surface area (Å²) < 4.78 is 37.2. The molecular formula is C37H98O8Si5. The Morgan fingerprint density at radius 3 is 1.32 bits per heavy atom. The van der Waals surface area contributed by atoms with Gasteiger partial charge >= 0.3 is 26.4 Å². The van der Waals surface area contributed by atoms with E-state index in [1.807, 2.05) is 31.3 Å². The third-order valence-electron chi connectivity index (χ3n) is 7.68. The second kappa shape index (κ2) is 36.0. The molecule has 3 unspecified atom stereocenters. The van der Waals surface area contributed by atoms with Gasteiger partial charge in [-0.05, 0) is 38.3 Å². The summed E-state index contributed by atoms with van der Waals surface area (Å²) in [5.41, 5.74) is 0. The highest BCUT2D eigenvalue weighted by Crippen LogP contribution is 2.35. The Bertz CT molecular complexity index is 820. The Labute approximate surface area is 323 Å². The van der Waals surface area contributed by atoms with Crippen LogP contribution in [0.4, 0.5) is 0 Å². The predicted octanol–water partition coefficient (Wildman–Crippen LogP) is 12.5. The van der Waals surface area contributed by atoms with Crippen LogP contribution in [-0.2, 0) is 25.6 Å². The van der Waals surface area contributed by atoms with Gasteiger partial charge < -0.3 is 35.2 Å². The first-order chi connectivity index (χ1) is 18.8.